The first-order valence-electron chi connectivity index (χ1n) is 4.44. The van der Waals surface area contributed by atoms with Crippen LogP contribution in [0.1, 0.15) is 38.5 Å². The van der Waals surface area contributed by atoms with Crippen LogP contribution >= 0.6 is 12.3 Å². The van der Waals surface area contributed by atoms with Gasteiger partial charge in [0, 0.05) is 6.42 Å². The molecule has 12 heavy (non-hydrogen) atoms. The Morgan fingerprint density at radius 3 is 2.67 bits per heavy atom. The van der Waals surface area contributed by atoms with E-state index in [1.54, 1.807) is 0 Å². The van der Waals surface area contributed by atoms with Gasteiger partial charge in [-0.1, -0.05) is 32.1 Å². The Morgan fingerprint density at radius 2 is 2.08 bits per heavy atom. The van der Waals surface area contributed by atoms with Crippen molar-refractivity contribution in [1.82, 2.24) is 0 Å². The average molecular weight is 194 g/mol. The first-order chi connectivity index (χ1) is 5.83. The van der Waals surface area contributed by atoms with Crippen LogP contribution in [0.2, 0.25) is 0 Å². The molecular formula is C8H15FO2S. The second kappa shape index (κ2) is 5.78. The summed E-state index contributed by atoms with van der Waals surface area (Å²) in [7, 11) is 0. The largest absolute Gasteiger partial charge is 0.307 e. The minimum atomic E-state index is -1.30. The Morgan fingerprint density at radius 1 is 1.42 bits per heavy atom. The first-order valence-corrected chi connectivity index (χ1v) is 5.13. The molecule has 0 aliphatic heterocycles. The van der Waals surface area contributed by atoms with Crippen LogP contribution in [0.5, 0.6) is 0 Å². The summed E-state index contributed by atoms with van der Waals surface area (Å²) >= 11 is 0.123. The van der Waals surface area contributed by atoms with E-state index in [2.05, 4.69) is 4.18 Å². The molecule has 0 spiro atoms. The van der Waals surface area contributed by atoms with Gasteiger partial charge in [0.05, 0.1) is 0 Å². The lowest BCUT2D eigenvalue weighted by Crippen LogP contribution is -2.13. The van der Waals surface area contributed by atoms with Gasteiger partial charge in [-0.3, -0.25) is 4.18 Å². The summed E-state index contributed by atoms with van der Waals surface area (Å²) in [5, 5.41) is 0. The molecule has 4 heteroatoms. The highest BCUT2D eigenvalue weighted by atomic mass is 32.2. The quantitative estimate of drug-likeness (QED) is 0.695. The maximum atomic E-state index is 12.8. The van der Waals surface area contributed by atoms with Crippen molar-refractivity contribution in [3.05, 3.63) is 0 Å². The summed E-state index contributed by atoms with van der Waals surface area (Å²) in [6.45, 7) is 0. The van der Waals surface area contributed by atoms with Gasteiger partial charge < -0.3 is 4.55 Å². The Bertz CT molecular complexity index is 118. The Balaban J connectivity index is 2.11. The smallest absolute Gasteiger partial charge is 0.214 e. The fraction of sp³-hybridized carbons (Fsp3) is 1.00. The van der Waals surface area contributed by atoms with Gasteiger partial charge in [-0.2, -0.15) is 0 Å². The summed E-state index contributed by atoms with van der Waals surface area (Å²) in [6.07, 6.45) is 5.06. The number of hydrogen-bond acceptors (Lipinski definition) is 3. The standard InChI is InChI=1S/C8H15FO2S/c9-8(11-12-10)6-7-4-2-1-3-5-7/h7-8,10H,1-6H2. The van der Waals surface area contributed by atoms with Crippen LogP contribution < -0.4 is 0 Å². The highest BCUT2D eigenvalue weighted by Crippen LogP contribution is 2.28. The van der Waals surface area contributed by atoms with E-state index in [-0.39, 0.29) is 12.3 Å². The summed E-state index contributed by atoms with van der Waals surface area (Å²) in [6, 6.07) is 0. The molecule has 0 heterocycles. The molecule has 0 saturated heterocycles. The highest BCUT2D eigenvalue weighted by Gasteiger charge is 2.18. The van der Waals surface area contributed by atoms with Crippen LogP contribution in [0.15, 0.2) is 0 Å². The lowest BCUT2D eigenvalue weighted by atomic mass is 9.87. The van der Waals surface area contributed by atoms with E-state index in [1.165, 1.54) is 19.3 Å². The van der Waals surface area contributed by atoms with Crippen LogP contribution in [0.3, 0.4) is 0 Å². The molecule has 0 radical (unpaired) electrons. The maximum Gasteiger partial charge on any atom is 0.214 e. The molecule has 2 nitrogen and oxygen atoms in total. The van der Waals surface area contributed by atoms with Crippen LogP contribution in [-0.2, 0) is 4.18 Å². The molecule has 0 amide bonds. The highest BCUT2D eigenvalue weighted by molar-refractivity contribution is 7.88. The summed E-state index contributed by atoms with van der Waals surface area (Å²) in [4.78, 5) is 0. The zero-order chi connectivity index (χ0) is 8.81. The van der Waals surface area contributed by atoms with E-state index < -0.39 is 6.36 Å². The zero-order valence-electron chi connectivity index (χ0n) is 7.04. The molecule has 0 aromatic carbocycles. The Hall–Kier alpha value is 0.200. The molecule has 0 aromatic rings. The van der Waals surface area contributed by atoms with Crippen molar-refractivity contribution in [2.45, 2.75) is 44.9 Å². The van der Waals surface area contributed by atoms with Crippen molar-refractivity contribution >= 4 is 12.3 Å². The Kier molecular flexibility index (Phi) is 4.95. The van der Waals surface area contributed by atoms with Gasteiger partial charge in [0.25, 0.3) is 0 Å². The molecule has 72 valence electrons. The summed E-state index contributed by atoms with van der Waals surface area (Å²) < 4.78 is 25.4. The molecule has 1 N–H and O–H groups in total. The second-order valence-electron chi connectivity index (χ2n) is 3.32. The van der Waals surface area contributed by atoms with Crippen molar-refractivity contribution < 1.29 is 13.1 Å². The van der Waals surface area contributed by atoms with Gasteiger partial charge in [-0.25, -0.2) is 4.39 Å². The fourth-order valence-corrected chi connectivity index (χ4v) is 1.94. The molecule has 1 unspecified atom stereocenters. The van der Waals surface area contributed by atoms with Crippen molar-refractivity contribution in [3.63, 3.8) is 0 Å². The molecule has 1 fully saturated rings. The Labute approximate surface area is 76.9 Å². The molecule has 1 rings (SSSR count). The van der Waals surface area contributed by atoms with E-state index >= 15 is 0 Å². The molecule has 0 bridgehead atoms. The topological polar surface area (TPSA) is 29.5 Å². The van der Waals surface area contributed by atoms with Gasteiger partial charge in [0.15, 0.2) is 12.3 Å². The number of hydrogen-bond donors (Lipinski definition) is 1. The fourth-order valence-electron chi connectivity index (χ4n) is 1.77. The summed E-state index contributed by atoms with van der Waals surface area (Å²) in [5.74, 6) is 0.459. The van der Waals surface area contributed by atoms with Gasteiger partial charge in [-0.05, 0) is 5.92 Å². The van der Waals surface area contributed by atoms with Crippen molar-refractivity contribution in [2.75, 3.05) is 0 Å². The van der Waals surface area contributed by atoms with Crippen molar-refractivity contribution in [2.24, 2.45) is 5.92 Å². The molecule has 1 aliphatic carbocycles. The number of halogens is 1. The predicted molar refractivity (Wildman–Crippen MR) is 47.4 cm³/mol. The van der Waals surface area contributed by atoms with E-state index in [9.17, 15) is 4.39 Å². The molecule has 0 aromatic heterocycles. The predicted octanol–water partition coefficient (Wildman–Crippen LogP) is 3.39. The van der Waals surface area contributed by atoms with Crippen molar-refractivity contribution in [3.8, 4) is 0 Å². The SMILES string of the molecule is OSOC(F)CC1CCCCC1. The van der Waals surface area contributed by atoms with E-state index in [1.807, 2.05) is 0 Å². The van der Waals surface area contributed by atoms with Crippen LogP contribution in [0.25, 0.3) is 0 Å². The van der Waals surface area contributed by atoms with E-state index in [4.69, 9.17) is 4.55 Å². The van der Waals surface area contributed by atoms with Gasteiger partial charge in [-0.15, -0.1) is 0 Å². The van der Waals surface area contributed by atoms with Gasteiger partial charge in [0.1, 0.15) is 0 Å². The van der Waals surface area contributed by atoms with Crippen LogP contribution in [0, 0.1) is 5.92 Å². The molecule has 1 aliphatic rings. The second-order valence-corrected chi connectivity index (χ2v) is 3.66. The summed E-state index contributed by atoms with van der Waals surface area (Å²) in [5.41, 5.74) is 0. The van der Waals surface area contributed by atoms with Crippen LogP contribution in [-0.4, -0.2) is 10.9 Å². The van der Waals surface area contributed by atoms with Gasteiger partial charge in [0.2, 0.25) is 6.36 Å². The van der Waals surface area contributed by atoms with E-state index in [0.29, 0.717) is 12.3 Å². The zero-order valence-corrected chi connectivity index (χ0v) is 7.86. The van der Waals surface area contributed by atoms with Crippen molar-refractivity contribution in [1.29, 1.82) is 0 Å². The molecular weight excluding hydrogens is 179 g/mol. The lowest BCUT2D eigenvalue weighted by molar-refractivity contribution is 0.0510. The number of rotatable bonds is 4. The van der Waals surface area contributed by atoms with Gasteiger partial charge >= 0.3 is 0 Å². The maximum absolute atomic E-state index is 12.8. The third-order valence-corrected chi connectivity index (χ3v) is 2.69. The lowest BCUT2D eigenvalue weighted by Gasteiger charge is -2.22. The van der Waals surface area contributed by atoms with Crippen LogP contribution in [0.4, 0.5) is 4.39 Å². The van der Waals surface area contributed by atoms with E-state index in [0.717, 1.165) is 12.8 Å². The molecule has 1 atom stereocenters. The monoisotopic (exact) mass is 194 g/mol. The average Bonchev–Trinajstić information content (AvgIpc) is 2.06. The third kappa shape index (κ3) is 3.74. The number of alkyl halides is 1. The molecule has 1 saturated carbocycles. The third-order valence-electron chi connectivity index (χ3n) is 2.39. The minimum Gasteiger partial charge on any atom is -0.307 e. The minimum absolute atomic E-state index is 0.123. The normalized spacial score (nSPS) is 22.5. The first kappa shape index (κ1) is 10.3.